The first-order chi connectivity index (χ1) is 11.5. The van der Waals surface area contributed by atoms with Crippen molar-refractivity contribution in [2.45, 2.75) is 0 Å². The van der Waals surface area contributed by atoms with E-state index in [0.717, 1.165) is 21.8 Å². The molecule has 0 saturated heterocycles. The molecule has 0 aliphatic heterocycles. The number of rotatable bonds is 0. The van der Waals surface area contributed by atoms with E-state index in [9.17, 15) is 9.59 Å². The molecule has 4 aromatic rings. The number of benzene rings is 2. The van der Waals surface area contributed by atoms with Crippen LogP contribution in [0, 0.1) is 0 Å². The van der Waals surface area contributed by atoms with Gasteiger partial charge in [0.25, 0.3) is 0 Å². The number of phenols is 2. The summed E-state index contributed by atoms with van der Waals surface area (Å²) in [5.41, 5.74) is 1.21. The van der Waals surface area contributed by atoms with Crippen LogP contribution in [0.3, 0.4) is 0 Å². The SMILES string of the molecule is O=c1ccc2cc(O)ccc2[nH]1.O=c1ccc2cc(O)ccc2[nH]1. The standard InChI is InChI=1S/2C9H7NO2/c2*11-7-2-3-8-6(5-7)1-4-9(12)10-8/h2*1-5,11H,(H,10,12). The van der Waals surface area contributed by atoms with E-state index in [1.807, 2.05) is 0 Å². The summed E-state index contributed by atoms with van der Waals surface area (Å²) in [6.45, 7) is 0. The number of aromatic amines is 2. The van der Waals surface area contributed by atoms with E-state index in [1.165, 1.54) is 24.3 Å². The second-order valence-electron chi connectivity index (χ2n) is 5.19. The zero-order valence-electron chi connectivity index (χ0n) is 12.5. The summed E-state index contributed by atoms with van der Waals surface area (Å²) in [5, 5.41) is 19.9. The van der Waals surface area contributed by atoms with Gasteiger partial charge in [-0.05, 0) is 48.5 Å². The minimum Gasteiger partial charge on any atom is -0.508 e. The Labute approximate surface area is 135 Å². The summed E-state index contributed by atoms with van der Waals surface area (Å²) in [4.78, 5) is 27.0. The van der Waals surface area contributed by atoms with Crippen molar-refractivity contribution in [3.8, 4) is 11.5 Å². The van der Waals surface area contributed by atoms with Gasteiger partial charge in [0.2, 0.25) is 11.1 Å². The summed E-state index contributed by atoms with van der Waals surface area (Å²) >= 11 is 0. The molecular formula is C18H14N2O4. The lowest BCUT2D eigenvalue weighted by atomic mass is 10.2. The second kappa shape index (κ2) is 6.29. The first kappa shape index (κ1) is 15.4. The van der Waals surface area contributed by atoms with Gasteiger partial charge in [-0.3, -0.25) is 9.59 Å². The molecule has 4 N–H and O–H groups in total. The van der Waals surface area contributed by atoms with Crippen LogP contribution >= 0.6 is 0 Å². The van der Waals surface area contributed by atoms with E-state index >= 15 is 0 Å². The number of aromatic hydroxyl groups is 2. The van der Waals surface area contributed by atoms with Crippen molar-refractivity contribution < 1.29 is 10.2 Å². The molecule has 0 radical (unpaired) electrons. The molecule has 0 aliphatic carbocycles. The van der Waals surface area contributed by atoms with Gasteiger partial charge in [-0.1, -0.05) is 0 Å². The van der Waals surface area contributed by atoms with Crippen LogP contribution in [-0.2, 0) is 0 Å². The highest BCUT2D eigenvalue weighted by Crippen LogP contribution is 2.16. The normalized spacial score (nSPS) is 10.3. The topological polar surface area (TPSA) is 106 Å². The van der Waals surface area contributed by atoms with Gasteiger partial charge in [0, 0.05) is 33.9 Å². The molecule has 0 unspecified atom stereocenters. The number of nitrogens with one attached hydrogen (secondary N) is 2. The minimum atomic E-state index is -0.131. The maximum atomic E-state index is 10.9. The molecule has 0 saturated carbocycles. The van der Waals surface area contributed by atoms with Crippen molar-refractivity contribution in [1.82, 2.24) is 9.97 Å². The van der Waals surface area contributed by atoms with Gasteiger partial charge < -0.3 is 20.2 Å². The monoisotopic (exact) mass is 322 g/mol. The number of fused-ring (bicyclic) bond motifs is 2. The van der Waals surface area contributed by atoms with Crippen LogP contribution in [-0.4, -0.2) is 20.2 Å². The summed E-state index contributed by atoms with van der Waals surface area (Å²) < 4.78 is 0. The van der Waals surface area contributed by atoms with Gasteiger partial charge in [0.1, 0.15) is 11.5 Å². The predicted octanol–water partition coefficient (Wildman–Crippen LogP) is 2.47. The van der Waals surface area contributed by atoms with Gasteiger partial charge in [0.15, 0.2) is 0 Å². The first-order valence-electron chi connectivity index (χ1n) is 7.15. The minimum absolute atomic E-state index is 0.131. The summed E-state index contributed by atoms with van der Waals surface area (Å²) in [6.07, 6.45) is 0. The maximum absolute atomic E-state index is 10.9. The van der Waals surface area contributed by atoms with E-state index in [-0.39, 0.29) is 22.6 Å². The highest BCUT2D eigenvalue weighted by Gasteiger charge is 1.95. The van der Waals surface area contributed by atoms with Crippen molar-refractivity contribution in [2.75, 3.05) is 0 Å². The molecule has 2 aromatic carbocycles. The van der Waals surface area contributed by atoms with Crippen LogP contribution in [0.4, 0.5) is 0 Å². The molecule has 0 atom stereocenters. The molecule has 6 nitrogen and oxygen atoms in total. The Morgan fingerprint density at radius 2 is 1.00 bits per heavy atom. The number of aromatic nitrogens is 2. The van der Waals surface area contributed by atoms with Crippen LogP contribution in [0.15, 0.2) is 70.3 Å². The van der Waals surface area contributed by atoms with Gasteiger partial charge >= 0.3 is 0 Å². The van der Waals surface area contributed by atoms with Crippen molar-refractivity contribution in [1.29, 1.82) is 0 Å². The van der Waals surface area contributed by atoms with Gasteiger partial charge in [-0.2, -0.15) is 0 Å². The van der Waals surface area contributed by atoms with Crippen LogP contribution in [0.25, 0.3) is 21.8 Å². The van der Waals surface area contributed by atoms with Crippen molar-refractivity contribution in [3.05, 3.63) is 81.4 Å². The Hall–Kier alpha value is -3.54. The van der Waals surface area contributed by atoms with E-state index < -0.39 is 0 Å². The van der Waals surface area contributed by atoms with Crippen LogP contribution in [0.1, 0.15) is 0 Å². The average molecular weight is 322 g/mol. The van der Waals surface area contributed by atoms with Crippen LogP contribution in [0.5, 0.6) is 11.5 Å². The smallest absolute Gasteiger partial charge is 0.248 e. The maximum Gasteiger partial charge on any atom is 0.248 e. The summed E-state index contributed by atoms with van der Waals surface area (Å²) in [6, 6.07) is 15.8. The van der Waals surface area contributed by atoms with E-state index in [4.69, 9.17) is 10.2 Å². The number of hydrogen-bond acceptors (Lipinski definition) is 4. The number of H-pyrrole nitrogens is 2. The van der Waals surface area contributed by atoms with Gasteiger partial charge in [-0.25, -0.2) is 0 Å². The molecule has 4 rings (SSSR count). The Morgan fingerprint density at radius 3 is 1.42 bits per heavy atom. The lowest BCUT2D eigenvalue weighted by Gasteiger charge is -1.96. The molecule has 2 aromatic heterocycles. The molecule has 0 amide bonds. The molecule has 6 heteroatoms. The van der Waals surface area contributed by atoms with Crippen LogP contribution < -0.4 is 11.1 Å². The molecular weight excluding hydrogens is 308 g/mol. The Kier molecular flexibility index (Phi) is 4.03. The molecule has 0 spiro atoms. The summed E-state index contributed by atoms with van der Waals surface area (Å²) in [5.74, 6) is 0.407. The van der Waals surface area contributed by atoms with Crippen LogP contribution in [0.2, 0.25) is 0 Å². The zero-order valence-corrected chi connectivity index (χ0v) is 12.5. The zero-order chi connectivity index (χ0) is 17.1. The van der Waals surface area contributed by atoms with Crippen molar-refractivity contribution >= 4 is 21.8 Å². The van der Waals surface area contributed by atoms with E-state index in [0.29, 0.717) is 0 Å². The predicted molar refractivity (Wildman–Crippen MR) is 92.5 cm³/mol. The van der Waals surface area contributed by atoms with E-state index in [2.05, 4.69) is 9.97 Å². The third kappa shape index (κ3) is 3.44. The fraction of sp³-hybridized carbons (Fsp3) is 0. The molecule has 2 heterocycles. The van der Waals surface area contributed by atoms with Gasteiger partial charge in [-0.15, -0.1) is 0 Å². The Morgan fingerprint density at radius 1 is 0.583 bits per heavy atom. The Bertz CT molecular complexity index is 1040. The fourth-order valence-electron chi connectivity index (χ4n) is 2.28. The van der Waals surface area contributed by atoms with E-state index in [1.54, 1.807) is 36.4 Å². The molecule has 0 bridgehead atoms. The Balaban J connectivity index is 0.000000141. The third-order valence-electron chi connectivity index (χ3n) is 3.41. The third-order valence-corrected chi connectivity index (χ3v) is 3.41. The molecule has 0 aliphatic rings. The highest BCUT2D eigenvalue weighted by atomic mass is 16.3. The summed E-state index contributed by atoms with van der Waals surface area (Å²) in [7, 11) is 0. The number of pyridine rings is 2. The fourth-order valence-corrected chi connectivity index (χ4v) is 2.28. The van der Waals surface area contributed by atoms with Crippen molar-refractivity contribution in [2.24, 2.45) is 0 Å². The average Bonchev–Trinajstić information content (AvgIpc) is 2.56. The lowest BCUT2D eigenvalue weighted by molar-refractivity contribution is 0.475. The lowest BCUT2D eigenvalue weighted by Crippen LogP contribution is -2.01. The molecule has 0 fully saturated rings. The second-order valence-corrected chi connectivity index (χ2v) is 5.19. The highest BCUT2D eigenvalue weighted by molar-refractivity contribution is 5.80. The largest absolute Gasteiger partial charge is 0.508 e. The quantitative estimate of drug-likeness (QED) is 0.399. The molecule has 24 heavy (non-hydrogen) atoms. The van der Waals surface area contributed by atoms with Crippen molar-refractivity contribution in [3.63, 3.8) is 0 Å². The number of phenolic OH excluding ortho intramolecular Hbond substituents is 2. The first-order valence-corrected chi connectivity index (χ1v) is 7.15. The molecule has 120 valence electrons. The number of hydrogen-bond donors (Lipinski definition) is 4. The van der Waals surface area contributed by atoms with Gasteiger partial charge in [0.05, 0.1) is 0 Å².